The summed E-state index contributed by atoms with van der Waals surface area (Å²) < 4.78 is 12.3. The molecule has 0 rings (SSSR count). The van der Waals surface area contributed by atoms with E-state index in [4.69, 9.17) is 9.47 Å². The molecule has 0 aromatic rings. The molecule has 0 radical (unpaired) electrons. The molecular weight excluding hydrogens is 528 g/mol. The van der Waals surface area contributed by atoms with Gasteiger partial charge in [-0.25, -0.2) is 0 Å². The number of unbranched alkanes of at least 4 members (excludes halogenated alkanes) is 26. The molecule has 0 aliphatic rings. The number of hydrogen-bond acceptors (Lipinski definition) is 4. The molecule has 0 amide bonds. The molecule has 1 unspecified atom stereocenters. The fourth-order valence-corrected chi connectivity index (χ4v) is 5.94. The van der Waals surface area contributed by atoms with Crippen LogP contribution in [-0.4, -0.2) is 52.1 Å². The van der Waals surface area contributed by atoms with E-state index < -0.39 is 0 Å². The molecule has 1 atom stereocenters. The van der Waals surface area contributed by atoms with Crippen molar-refractivity contribution in [3.63, 3.8) is 0 Å². The van der Waals surface area contributed by atoms with Crippen molar-refractivity contribution in [3.05, 3.63) is 0 Å². The third kappa shape index (κ3) is 37.9. The topological polar surface area (TPSA) is 42.5 Å². The minimum Gasteiger partial charge on any atom is -0.379 e. The van der Waals surface area contributed by atoms with E-state index in [1.54, 1.807) is 0 Å². The molecule has 0 saturated heterocycles. The lowest BCUT2D eigenvalue weighted by Crippen LogP contribution is -2.36. The van der Waals surface area contributed by atoms with Crippen molar-refractivity contribution in [2.75, 3.05) is 46.0 Å². The molecular formula is C39H82N2O2. The predicted molar refractivity (Wildman–Crippen MR) is 193 cm³/mol. The van der Waals surface area contributed by atoms with Gasteiger partial charge in [-0.1, -0.05) is 188 Å². The summed E-state index contributed by atoms with van der Waals surface area (Å²) in [5, 5.41) is 6.95. The Hall–Kier alpha value is -0.160. The van der Waals surface area contributed by atoms with Gasteiger partial charge in [0.05, 0.1) is 12.7 Å². The third-order valence-corrected chi connectivity index (χ3v) is 8.90. The Balaban J connectivity index is 3.67. The highest BCUT2D eigenvalue weighted by Gasteiger charge is 2.09. The van der Waals surface area contributed by atoms with E-state index in [1.807, 2.05) is 0 Å². The van der Waals surface area contributed by atoms with Crippen LogP contribution >= 0.6 is 0 Å². The predicted octanol–water partition coefficient (Wildman–Crippen LogP) is 11.5. The second kappa shape index (κ2) is 39.9. The molecule has 0 aromatic heterocycles. The van der Waals surface area contributed by atoms with Gasteiger partial charge < -0.3 is 20.1 Å². The number of nitrogens with one attached hydrogen (secondary N) is 2. The number of ether oxygens (including phenoxy) is 2. The van der Waals surface area contributed by atoms with Crippen molar-refractivity contribution in [1.29, 1.82) is 0 Å². The van der Waals surface area contributed by atoms with Crippen molar-refractivity contribution in [1.82, 2.24) is 10.6 Å². The van der Waals surface area contributed by atoms with Crippen LogP contribution in [0, 0.1) is 0 Å². The lowest BCUT2D eigenvalue weighted by molar-refractivity contribution is -0.0174. The van der Waals surface area contributed by atoms with Crippen molar-refractivity contribution in [2.24, 2.45) is 0 Å². The van der Waals surface area contributed by atoms with Gasteiger partial charge in [0.1, 0.15) is 0 Å². The normalized spacial score (nSPS) is 12.3. The maximum Gasteiger partial charge on any atom is 0.0932 e. The van der Waals surface area contributed by atoms with E-state index in [-0.39, 0.29) is 6.10 Å². The van der Waals surface area contributed by atoms with Crippen LogP contribution in [0.25, 0.3) is 0 Å². The fourth-order valence-electron chi connectivity index (χ4n) is 5.94. The SMILES string of the molecule is CCCCCCCCCCCCCCCCOCC(CNCCNCC)OCCCCCCCCCCCCCCCC. The van der Waals surface area contributed by atoms with Crippen LogP contribution in [0.3, 0.4) is 0 Å². The third-order valence-electron chi connectivity index (χ3n) is 8.90. The molecule has 0 aliphatic heterocycles. The van der Waals surface area contributed by atoms with E-state index in [9.17, 15) is 0 Å². The van der Waals surface area contributed by atoms with E-state index >= 15 is 0 Å². The molecule has 0 heterocycles. The van der Waals surface area contributed by atoms with Gasteiger partial charge in [0.15, 0.2) is 0 Å². The molecule has 2 N–H and O–H groups in total. The van der Waals surface area contributed by atoms with E-state index in [2.05, 4.69) is 31.4 Å². The summed E-state index contributed by atoms with van der Waals surface area (Å²) in [4.78, 5) is 0. The summed E-state index contributed by atoms with van der Waals surface area (Å²) in [5.41, 5.74) is 0. The molecule has 0 aliphatic carbocycles. The minimum absolute atomic E-state index is 0.176. The first-order valence-electron chi connectivity index (χ1n) is 20.0. The highest BCUT2D eigenvalue weighted by Crippen LogP contribution is 2.14. The van der Waals surface area contributed by atoms with Gasteiger partial charge in [-0.15, -0.1) is 0 Å². The largest absolute Gasteiger partial charge is 0.379 e. The maximum absolute atomic E-state index is 6.27. The van der Waals surface area contributed by atoms with E-state index in [0.717, 1.165) is 46.0 Å². The summed E-state index contributed by atoms with van der Waals surface area (Å²) >= 11 is 0. The van der Waals surface area contributed by atoms with Gasteiger partial charge >= 0.3 is 0 Å². The lowest BCUT2D eigenvalue weighted by atomic mass is 10.0. The lowest BCUT2D eigenvalue weighted by Gasteiger charge is -2.19. The zero-order chi connectivity index (χ0) is 31.2. The zero-order valence-corrected chi connectivity index (χ0v) is 30.1. The molecule has 4 nitrogen and oxygen atoms in total. The first-order valence-corrected chi connectivity index (χ1v) is 20.0. The molecule has 0 fully saturated rings. The summed E-state index contributed by atoms with van der Waals surface area (Å²) in [6.07, 6.45) is 39.4. The van der Waals surface area contributed by atoms with Gasteiger partial charge in [0.2, 0.25) is 0 Å². The molecule has 43 heavy (non-hydrogen) atoms. The summed E-state index contributed by atoms with van der Waals surface area (Å²) in [7, 11) is 0. The average molecular weight is 611 g/mol. The van der Waals surface area contributed by atoms with Crippen LogP contribution in [0.4, 0.5) is 0 Å². The van der Waals surface area contributed by atoms with E-state index in [0.29, 0.717) is 0 Å². The molecule has 0 bridgehead atoms. The molecule has 260 valence electrons. The first-order chi connectivity index (χ1) is 21.3. The Labute approximate surface area is 272 Å². The summed E-state index contributed by atoms with van der Waals surface area (Å²) in [6.45, 7) is 13.2. The number of likely N-dealkylation sites (N-methyl/N-ethyl adjacent to an activating group) is 1. The Bertz CT molecular complexity index is 476. The Morgan fingerprint density at radius 2 is 0.744 bits per heavy atom. The van der Waals surface area contributed by atoms with Crippen molar-refractivity contribution >= 4 is 0 Å². The monoisotopic (exact) mass is 611 g/mol. The van der Waals surface area contributed by atoms with Crippen molar-refractivity contribution in [2.45, 2.75) is 207 Å². The van der Waals surface area contributed by atoms with Crippen LogP contribution in [0.15, 0.2) is 0 Å². The van der Waals surface area contributed by atoms with Crippen molar-refractivity contribution < 1.29 is 9.47 Å². The van der Waals surface area contributed by atoms with Gasteiger partial charge in [0.25, 0.3) is 0 Å². The smallest absolute Gasteiger partial charge is 0.0932 e. The van der Waals surface area contributed by atoms with Gasteiger partial charge in [-0.05, 0) is 19.4 Å². The van der Waals surface area contributed by atoms with Crippen LogP contribution < -0.4 is 10.6 Å². The van der Waals surface area contributed by atoms with Crippen molar-refractivity contribution in [3.8, 4) is 0 Å². The molecule has 4 heteroatoms. The summed E-state index contributed by atoms with van der Waals surface area (Å²) in [5.74, 6) is 0. The Morgan fingerprint density at radius 1 is 0.395 bits per heavy atom. The quantitative estimate of drug-likeness (QED) is 0.0679. The fraction of sp³-hybridized carbons (Fsp3) is 1.00. The van der Waals surface area contributed by atoms with E-state index in [1.165, 1.54) is 180 Å². The van der Waals surface area contributed by atoms with Crippen LogP contribution in [0.1, 0.15) is 201 Å². The minimum atomic E-state index is 0.176. The summed E-state index contributed by atoms with van der Waals surface area (Å²) in [6, 6.07) is 0. The second-order valence-corrected chi connectivity index (χ2v) is 13.3. The molecule has 0 saturated carbocycles. The van der Waals surface area contributed by atoms with Gasteiger partial charge in [-0.3, -0.25) is 0 Å². The standard InChI is InChI=1S/C39H82N2O2/c1-4-7-9-11-13-15-17-19-21-23-25-27-29-31-35-42-38-39(37-41-34-33-40-6-3)43-36-32-30-28-26-24-22-20-18-16-14-12-10-8-5-2/h39-41H,4-38H2,1-3H3. The number of hydrogen-bond donors (Lipinski definition) is 2. The number of rotatable bonds is 39. The Morgan fingerprint density at radius 3 is 1.14 bits per heavy atom. The van der Waals surface area contributed by atoms with Crippen LogP contribution in [0.2, 0.25) is 0 Å². The van der Waals surface area contributed by atoms with Crippen LogP contribution in [-0.2, 0) is 9.47 Å². The second-order valence-electron chi connectivity index (χ2n) is 13.3. The highest BCUT2D eigenvalue weighted by molar-refractivity contribution is 4.63. The van der Waals surface area contributed by atoms with Crippen LogP contribution in [0.5, 0.6) is 0 Å². The Kier molecular flexibility index (Phi) is 39.7. The maximum atomic E-state index is 6.27. The molecule has 0 spiro atoms. The zero-order valence-electron chi connectivity index (χ0n) is 30.1. The van der Waals surface area contributed by atoms with Gasteiger partial charge in [0, 0.05) is 32.8 Å². The highest BCUT2D eigenvalue weighted by atomic mass is 16.5. The average Bonchev–Trinajstić information content (AvgIpc) is 3.02. The molecule has 0 aromatic carbocycles. The first kappa shape index (κ1) is 42.8. The van der Waals surface area contributed by atoms with Gasteiger partial charge in [-0.2, -0.15) is 0 Å².